The Balaban J connectivity index is 1.47. The van der Waals surface area contributed by atoms with Gasteiger partial charge < -0.3 is 15.3 Å². The Hall–Kier alpha value is -4.14. The quantitative estimate of drug-likeness (QED) is 0.338. The highest BCUT2D eigenvalue weighted by Crippen LogP contribution is 2.44. The van der Waals surface area contributed by atoms with E-state index in [2.05, 4.69) is 10.3 Å². The smallest absolute Gasteiger partial charge is 0.252 e. The predicted molar refractivity (Wildman–Crippen MR) is 157 cm³/mol. The Morgan fingerprint density at radius 2 is 1.86 bits per heavy atom. The molecule has 8 nitrogen and oxygen atoms in total. The molecule has 228 valence electrons. The number of anilines is 2. The maximum atomic E-state index is 15.2. The van der Waals surface area contributed by atoms with Crippen molar-refractivity contribution in [1.29, 1.82) is 5.26 Å². The minimum Gasteiger partial charge on any atom is -0.374 e. The fourth-order valence-corrected chi connectivity index (χ4v) is 6.31. The summed E-state index contributed by atoms with van der Waals surface area (Å²) >= 11 is 6.59. The molecule has 0 bridgehead atoms. The number of aromatic nitrogens is 1. The molecule has 3 aromatic rings. The lowest BCUT2D eigenvalue weighted by atomic mass is 9.87. The second-order valence-corrected chi connectivity index (χ2v) is 12.0. The molecule has 1 saturated heterocycles. The molecule has 2 saturated carbocycles. The molecule has 1 aromatic heterocycles. The van der Waals surface area contributed by atoms with Gasteiger partial charge in [-0.25, -0.2) is 18.2 Å². The molecular formula is C32H29ClF3N5O3. The van der Waals surface area contributed by atoms with Gasteiger partial charge in [-0.2, -0.15) is 5.26 Å². The van der Waals surface area contributed by atoms with E-state index in [0.717, 1.165) is 23.8 Å². The van der Waals surface area contributed by atoms with Crippen molar-refractivity contribution < 1.29 is 27.9 Å². The van der Waals surface area contributed by atoms with Gasteiger partial charge in [-0.15, -0.1) is 0 Å². The van der Waals surface area contributed by atoms with Gasteiger partial charge in [0.15, 0.2) is 0 Å². The van der Waals surface area contributed by atoms with Crippen molar-refractivity contribution in [2.24, 2.45) is 0 Å². The van der Waals surface area contributed by atoms with Crippen molar-refractivity contribution in [2.75, 3.05) is 9.80 Å². The predicted octanol–water partition coefficient (Wildman–Crippen LogP) is 5.60. The Morgan fingerprint density at radius 1 is 1.11 bits per heavy atom. The Labute approximate surface area is 257 Å². The molecular weight excluding hydrogens is 595 g/mol. The van der Waals surface area contributed by atoms with E-state index in [0.29, 0.717) is 5.56 Å². The lowest BCUT2D eigenvalue weighted by Crippen LogP contribution is -2.56. The number of nitrogens with one attached hydrogen (secondary N) is 1. The van der Waals surface area contributed by atoms with Crippen molar-refractivity contribution in [2.45, 2.75) is 74.7 Å². The highest BCUT2D eigenvalue weighted by Gasteiger charge is 2.48. The van der Waals surface area contributed by atoms with Crippen LogP contribution >= 0.6 is 11.6 Å². The van der Waals surface area contributed by atoms with Gasteiger partial charge in [-0.3, -0.25) is 14.5 Å². The molecule has 3 fully saturated rings. The third-order valence-electron chi connectivity index (χ3n) is 8.39. The van der Waals surface area contributed by atoms with E-state index < -0.39 is 60.7 Å². The summed E-state index contributed by atoms with van der Waals surface area (Å²) in [4.78, 5) is 35.6. The molecule has 44 heavy (non-hydrogen) atoms. The lowest BCUT2D eigenvalue weighted by molar-refractivity contribution is -0.133. The van der Waals surface area contributed by atoms with E-state index in [1.165, 1.54) is 29.3 Å². The van der Waals surface area contributed by atoms with Crippen LogP contribution in [0.1, 0.15) is 67.2 Å². The zero-order valence-electron chi connectivity index (χ0n) is 23.5. The van der Waals surface area contributed by atoms with Crippen LogP contribution in [0, 0.1) is 17.1 Å². The monoisotopic (exact) mass is 623 g/mol. The van der Waals surface area contributed by atoms with Crippen LogP contribution < -0.4 is 15.1 Å². The molecule has 2 N–H and O–H groups in total. The number of pyridine rings is 1. The fourth-order valence-electron chi connectivity index (χ4n) is 6.07. The van der Waals surface area contributed by atoms with Gasteiger partial charge in [0.2, 0.25) is 5.91 Å². The van der Waals surface area contributed by atoms with Crippen LogP contribution in [0.25, 0.3) is 0 Å². The highest BCUT2D eigenvalue weighted by atomic mass is 35.5. The number of amides is 2. The zero-order valence-corrected chi connectivity index (χ0v) is 24.2. The second-order valence-electron chi connectivity index (χ2n) is 11.6. The number of alkyl halides is 2. The molecule has 12 heteroatoms. The number of carbonyl (C=O) groups is 2. The average molecular weight is 624 g/mol. The summed E-state index contributed by atoms with van der Waals surface area (Å²) in [7, 11) is 0. The minimum atomic E-state index is -2.90. The number of halogens is 4. The minimum absolute atomic E-state index is 0.0935. The Kier molecular flexibility index (Phi) is 7.99. The van der Waals surface area contributed by atoms with Crippen LogP contribution in [0.2, 0.25) is 5.02 Å². The SMILES string of the molecule is N#Cc1ccnc(N2C(O)CC[C@H]2C(=O)N(c2cc(F)cc(C3CC3)c2)[C@H](C(=O)NC2CC(F)(F)C2)c2ccccc2Cl)c1. The average Bonchev–Trinajstić information content (AvgIpc) is 3.76. The summed E-state index contributed by atoms with van der Waals surface area (Å²) in [5.41, 5.74) is 1.25. The topological polar surface area (TPSA) is 110 Å². The largest absolute Gasteiger partial charge is 0.374 e. The van der Waals surface area contributed by atoms with E-state index >= 15 is 4.39 Å². The van der Waals surface area contributed by atoms with Crippen molar-refractivity contribution in [3.63, 3.8) is 0 Å². The summed E-state index contributed by atoms with van der Waals surface area (Å²) in [6.45, 7) is 0. The maximum Gasteiger partial charge on any atom is 0.252 e. The molecule has 2 heterocycles. The van der Waals surface area contributed by atoms with Gasteiger partial charge in [-0.1, -0.05) is 29.8 Å². The third kappa shape index (κ3) is 5.97. The normalized spacial score (nSPS) is 21.7. The summed E-state index contributed by atoms with van der Waals surface area (Å²) in [5.74, 6) is -4.63. The van der Waals surface area contributed by atoms with E-state index in [-0.39, 0.29) is 46.4 Å². The van der Waals surface area contributed by atoms with Crippen LogP contribution in [0.4, 0.5) is 24.7 Å². The fraction of sp³-hybridized carbons (Fsp3) is 0.375. The van der Waals surface area contributed by atoms with Crippen LogP contribution in [0.5, 0.6) is 0 Å². The molecule has 1 unspecified atom stereocenters. The first-order valence-corrected chi connectivity index (χ1v) is 14.8. The first-order valence-electron chi connectivity index (χ1n) is 14.4. The molecule has 2 amide bonds. The number of hydrogen-bond donors (Lipinski definition) is 2. The first kappa shape index (κ1) is 29.9. The molecule has 3 atom stereocenters. The Bertz CT molecular complexity index is 1640. The summed E-state index contributed by atoms with van der Waals surface area (Å²) in [6.07, 6.45) is 1.21. The summed E-state index contributed by atoms with van der Waals surface area (Å²) in [5, 5.41) is 23.2. The van der Waals surface area contributed by atoms with Gasteiger partial charge in [0.1, 0.15) is 29.9 Å². The van der Waals surface area contributed by atoms with Crippen LogP contribution in [-0.4, -0.2) is 46.1 Å². The number of aliphatic hydroxyl groups is 1. The second kappa shape index (κ2) is 11.7. The standard InChI is InChI=1S/C32H29ClF3N5O3/c33-25-4-2-1-3-24(25)29(30(43)39-22-15-32(35,36)16-22)40(23-13-20(19-5-6-19)12-21(34)14-23)31(44)26-7-8-28(42)41(26)27-11-18(17-37)9-10-38-27/h1-4,9-14,19,22,26,28-29,42H,5-8,15-16H2,(H,39,43)/t26-,28?,29-/m0/s1. The van der Waals surface area contributed by atoms with E-state index in [1.54, 1.807) is 30.3 Å². The highest BCUT2D eigenvalue weighted by molar-refractivity contribution is 6.31. The zero-order chi connectivity index (χ0) is 31.2. The van der Waals surface area contributed by atoms with Gasteiger partial charge in [0, 0.05) is 41.4 Å². The molecule has 3 aliphatic rings. The van der Waals surface area contributed by atoms with Crippen molar-refractivity contribution >= 4 is 34.9 Å². The van der Waals surface area contributed by atoms with Crippen LogP contribution in [0.15, 0.2) is 60.8 Å². The summed E-state index contributed by atoms with van der Waals surface area (Å²) in [6, 6.07) is 12.2. The lowest BCUT2D eigenvalue weighted by Gasteiger charge is -2.39. The van der Waals surface area contributed by atoms with Gasteiger partial charge >= 0.3 is 0 Å². The van der Waals surface area contributed by atoms with Crippen molar-refractivity contribution in [1.82, 2.24) is 10.3 Å². The number of nitriles is 1. The number of hydrogen-bond acceptors (Lipinski definition) is 6. The van der Waals surface area contributed by atoms with E-state index in [9.17, 15) is 28.7 Å². The van der Waals surface area contributed by atoms with Gasteiger partial charge in [0.25, 0.3) is 11.8 Å². The molecule has 0 spiro atoms. The van der Waals surface area contributed by atoms with Crippen LogP contribution in [0.3, 0.4) is 0 Å². The van der Waals surface area contributed by atoms with E-state index in [4.69, 9.17) is 11.6 Å². The Morgan fingerprint density at radius 3 is 2.55 bits per heavy atom. The van der Waals surface area contributed by atoms with E-state index in [1.807, 2.05) is 6.07 Å². The number of aliphatic hydroxyl groups excluding tert-OH is 1. The molecule has 0 radical (unpaired) electrons. The maximum absolute atomic E-state index is 15.2. The number of benzene rings is 2. The van der Waals surface area contributed by atoms with Gasteiger partial charge in [0.05, 0.1) is 11.6 Å². The van der Waals surface area contributed by atoms with Crippen molar-refractivity contribution in [3.05, 3.63) is 88.3 Å². The third-order valence-corrected chi connectivity index (χ3v) is 8.74. The van der Waals surface area contributed by atoms with Gasteiger partial charge in [-0.05, 0) is 73.6 Å². The first-order chi connectivity index (χ1) is 21.0. The molecule has 1 aliphatic heterocycles. The number of rotatable bonds is 8. The molecule has 2 aliphatic carbocycles. The molecule has 6 rings (SSSR count). The molecule has 2 aromatic carbocycles. The summed E-state index contributed by atoms with van der Waals surface area (Å²) < 4.78 is 42.6. The number of carbonyl (C=O) groups excluding carboxylic acids is 2. The number of nitrogens with zero attached hydrogens (tertiary/aromatic N) is 4. The van der Waals surface area contributed by atoms with Crippen LogP contribution in [-0.2, 0) is 9.59 Å². The van der Waals surface area contributed by atoms with Crippen molar-refractivity contribution in [3.8, 4) is 6.07 Å².